The van der Waals surface area contributed by atoms with Gasteiger partial charge in [0.1, 0.15) is 11.5 Å². The first-order chi connectivity index (χ1) is 9.85. The van der Waals surface area contributed by atoms with Gasteiger partial charge in [0.15, 0.2) is 0 Å². The second kappa shape index (κ2) is 7.13. The zero-order valence-corrected chi connectivity index (χ0v) is 13.1. The number of methoxy groups -OCH3 is 3. The lowest BCUT2D eigenvalue weighted by atomic mass is 9.90. The normalized spacial score (nSPS) is 13.8. The number of hydrogen-bond acceptors (Lipinski definition) is 5. The Morgan fingerprint density at radius 3 is 2.38 bits per heavy atom. The van der Waals surface area contributed by atoms with E-state index in [1.165, 1.54) is 13.2 Å². The van der Waals surface area contributed by atoms with Crippen molar-refractivity contribution in [3.8, 4) is 11.5 Å². The van der Waals surface area contributed by atoms with Crippen LogP contribution in [0.5, 0.6) is 11.5 Å². The fourth-order valence-corrected chi connectivity index (χ4v) is 2.03. The predicted molar refractivity (Wildman–Crippen MR) is 79.6 cm³/mol. The van der Waals surface area contributed by atoms with Gasteiger partial charge < -0.3 is 19.3 Å². The van der Waals surface area contributed by atoms with Crippen molar-refractivity contribution in [3.05, 3.63) is 35.4 Å². The van der Waals surface area contributed by atoms with Crippen LogP contribution in [0.25, 0.3) is 0 Å². The first-order valence-electron chi connectivity index (χ1n) is 6.55. The first-order valence-corrected chi connectivity index (χ1v) is 6.55. The summed E-state index contributed by atoms with van der Waals surface area (Å²) >= 11 is 0. The highest BCUT2D eigenvalue weighted by Gasteiger charge is 2.27. The van der Waals surface area contributed by atoms with Crippen LogP contribution >= 0.6 is 0 Å². The summed E-state index contributed by atoms with van der Waals surface area (Å²) in [5.41, 5.74) is 0.317. The third-order valence-corrected chi connectivity index (χ3v) is 3.27. The van der Waals surface area contributed by atoms with Gasteiger partial charge in [0.25, 0.3) is 0 Å². The van der Waals surface area contributed by atoms with Crippen molar-refractivity contribution in [2.75, 3.05) is 21.3 Å². The van der Waals surface area contributed by atoms with Crippen LogP contribution in [0, 0.1) is 6.92 Å². The zero-order valence-electron chi connectivity index (χ0n) is 13.1. The lowest BCUT2D eigenvalue weighted by Crippen LogP contribution is -2.21. The van der Waals surface area contributed by atoms with Gasteiger partial charge in [-0.2, -0.15) is 0 Å². The molecular weight excluding hydrogens is 272 g/mol. The molecule has 5 heteroatoms. The van der Waals surface area contributed by atoms with E-state index in [-0.39, 0.29) is 6.42 Å². The van der Waals surface area contributed by atoms with Gasteiger partial charge in [-0.1, -0.05) is 6.08 Å². The number of carbonyl (C=O) groups excluding carboxylic acids is 1. The zero-order chi connectivity index (χ0) is 16.0. The van der Waals surface area contributed by atoms with Crippen LogP contribution in [-0.2, 0) is 15.1 Å². The van der Waals surface area contributed by atoms with Crippen molar-refractivity contribution in [3.63, 3.8) is 0 Å². The lowest BCUT2D eigenvalue weighted by Gasteiger charge is -2.25. The van der Waals surface area contributed by atoms with Gasteiger partial charge in [0.05, 0.1) is 26.9 Å². The second-order valence-electron chi connectivity index (χ2n) is 4.93. The molecule has 0 aliphatic rings. The summed E-state index contributed by atoms with van der Waals surface area (Å²) in [6.45, 7) is 3.55. The molecule has 0 saturated carbocycles. The molecule has 1 aromatic rings. The van der Waals surface area contributed by atoms with E-state index >= 15 is 0 Å². The largest absolute Gasteiger partial charge is 0.496 e. The SMILES string of the molecule is COC(=O)/C=C/CC(C)(O)c1cc(OC)c(C)cc1OC. The van der Waals surface area contributed by atoms with Crippen molar-refractivity contribution in [1.82, 2.24) is 0 Å². The highest BCUT2D eigenvalue weighted by atomic mass is 16.5. The van der Waals surface area contributed by atoms with Crippen molar-refractivity contribution in [2.24, 2.45) is 0 Å². The molecule has 1 rings (SSSR count). The molecular formula is C16H22O5. The van der Waals surface area contributed by atoms with Crippen LogP contribution < -0.4 is 9.47 Å². The van der Waals surface area contributed by atoms with Crippen LogP contribution in [0.15, 0.2) is 24.3 Å². The first kappa shape index (κ1) is 17.0. The summed E-state index contributed by atoms with van der Waals surface area (Å²) in [7, 11) is 4.42. The van der Waals surface area contributed by atoms with Gasteiger partial charge in [-0.3, -0.25) is 0 Å². The fraction of sp³-hybridized carbons (Fsp3) is 0.438. The monoisotopic (exact) mass is 294 g/mol. The molecule has 0 aliphatic carbocycles. The average molecular weight is 294 g/mol. The third kappa shape index (κ3) is 4.23. The van der Waals surface area contributed by atoms with E-state index in [0.717, 1.165) is 5.56 Å². The molecule has 21 heavy (non-hydrogen) atoms. The number of benzene rings is 1. The quantitative estimate of drug-likeness (QED) is 0.644. The van der Waals surface area contributed by atoms with Crippen molar-refractivity contribution in [1.29, 1.82) is 0 Å². The van der Waals surface area contributed by atoms with Crippen LogP contribution in [0.1, 0.15) is 24.5 Å². The Labute approximate surface area is 125 Å². The van der Waals surface area contributed by atoms with E-state index in [1.807, 2.05) is 13.0 Å². The minimum absolute atomic E-state index is 0.241. The van der Waals surface area contributed by atoms with Gasteiger partial charge in [0, 0.05) is 11.6 Å². The molecule has 5 nitrogen and oxygen atoms in total. The standard InChI is InChI=1S/C16H22O5/c1-11-9-14(20-4)12(10-13(11)19-3)16(2,18)8-6-7-15(17)21-5/h6-7,9-10,18H,8H2,1-5H3/b7-6+. The average Bonchev–Trinajstić information content (AvgIpc) is 2.46. The molecule has 0 heterocycles. The summed E-state index contributed by atoms with van der Waals surface area (Å²) in [5, 5.41) is 10.7. The minimum Gasteiger partial charge on any atom is -0.496 e. The molecule has 0 aliphatic heterocycles. The minimum atomic E-state index is -1.20. The summed E-state index contributed by atoms with van der Waals surface area (Å²) in [4.78, 5) is 11.1. The maximum Gasteiger partial charge on any atom is 0.330 e. The Bertz CT molecular complexity index is 532. The smallest absolute Gasteiger partial charge is 0.330 e. The van der Waals surface area contributed by atoms with Crippen LogP contribution in [0.4, 0.5) is 0 Å². The number of esters is 1. The summed E-state index contributed by atoms with van der Waals surface area (Å²) < 4.78 is 15.1. The predicted octanol–water partition coefficient (Wildman–Crippen LogP) is 2.34. The molecule has 0 amide bonds. The van der Waals surface area contributed by atoms with Crippen LogP contribution in [-0.4, -0.2) is 32.4 Å². The maximum absolute atomic E-state index is 11.1. The van der Waals surface area contributed by atoms with E-state index in [9.17, 15) is 9.90 Å². The second-order valence-corrected chi connectivity index (χ2v) is 4.93. The van der Waals surface area contributed by atoms with Crippen LogP contribution in [0.3, 0.4) is 0 Å². The molecule has 116 valence electrons. The summed E-state index contributed by atoms with van der Waals surface area (Å²) in [6.07, 6.45) is 3.09. The Morgan fingerprint density at radius 1 is 1.24 bits per heavy atom. The number of aliphatic hydroxyl groups is 1. The van der Waals surface area contributed by atoms with E-state index in [4.69, 9.17) is 9.47 Å². The number of ether oxygens (including phenoxy) is 3. The van der Waals surface area contributed by atoms with Gasteiger partial charge in [0.2, 0.25) is 0 Å². The molecule has 0 fully saturated rings. The molecule has 0 spiro atoms. The number of hydrogen-bond donors (Lipinski definition) is 1. The van der Waals surface area contributed by atoms with Crippen LogP contribution in [0.2, 0.25) is 0 Å². The number of carbonyl (C=O) groups is 1. The molecule has 0 aromatic heterocycles. The Kier molecular flexibility index (Phi) is 5.79. The van der Waals surface area contributed by atoms with Crippen molar-refractivity contribution in [2.45, 2.75) is 25.9 Å². The molecule has 0 saturated heterocycles. The third-order valence-electron chi connectivity index (χ3n) is 3.27. The van der Waals surface area contributed by atoms with Gasteiger partial charge >= 0.3 is 5.97 Å². The number of aryl methyl sites for hydroxylation is 1. The van der Waals surface area contributed by atoms with Gasteiger partial charge in [-0.05, 0) is 38.0 Å². The van der Waals surface area contributed by atoms with E-state index in [1.54, 1.807) is 33.3 Å². The van der Waals surface area contributed by atoms with Gasteiger partial charge in [-0.25, -0.2) is 4.79 Å². The van der Waals surface area contributed by atoms with E-state index < -0.39 is 11.6 Å². The summed E-state index contributed by atoms with van der Waals surface area (Å²) in [6, 6.07) is 3.56. The topological polar surface area (TPSA) is 65.0 Å². The summed E-state index contributed by atoms with van der Waals surface area (Å²) in [5.74, 6) is 0.784. The van der Waals surface area contributed by atoms with E-state index in [0.29, 0.717) is 17.1 Å². The van der Waals surface area contributed by atoms with Crippen molar-refractivity contribution >= 4 is 5.97 Å². The lowest BCUT2D eigenvalue weighted by molar-refractivity contribution is -0.134. The van der Waals surface area contributed by atoms with Gasteiger partial charge in [-0.15, -0.1) is 0 Å². The molecule has 1 unspecified atom stereocenters. The Hall–Kier alpha value is -2.01. The maximum atomic E-state index is 11.1. The molecule has 0 bridgehead atoms. The molecule has 0 radical (unpaired) electrons. The van der Waals surface area contributed by atoms with E-state index in [2.05, 4.69) is 4.74 Å². The van der Waals surface area contributed by atoms with Crippen molar-refractivity contribution < 1.29 is 24.1 Å². The fourth-order valence-electron chi connectivity index (χ4n) is 2.03. The molecule has 1 atom stereocenters. The molecule has 1 aromatic carbocycles. The Balaban J connectivity index is 3.11. The molecule has 1 N–H and O–H groups in total. The number of rotatable bonds is 6. The highest BCUT2D eigenvalue weighted by molar-refractivity contribution is 5.81. The highest BCUT2D eigenvalue weighted by Crippen LogP contribution is 2.37. The Morgan fingerprint density at radius 2 is 1.86 bits per heavy atom.